The molecule has 0 amide bonds. The van der Waals surface area contributed by atoms with Gasteiger partial charge in [0.1, 0.15) is 13.2 Å². The van der Waals surface area contributed by atoms with Gasteiger partial charge in [-0.05, 0) is 6.92 Å². The van der Waals surface area contributed by atoms with Gasteiger partial charge in [-0.3, -0.25) is 4.79 Å². The molecule has 0 radical (unpaired) electrons. The first-order chi connectivity index (χ1) is 8.83. The highest BCUT2D eigenvalue weighted by molar-refractivity contribution is 7.92. The van der Waals surface area contributed by atoms with Crippen molar-refractivity contribution < 1.29 is 27.5 Å². The first-order valence-electron chi connectivity index (χ1n) is 5.62. The van der Waals surface area contributed by atoms with E-state index in [1.807, 2.05) is 0 Å². The van der Waals surface area contributed by atoms with Gasteiger partial charge in [0, 0.05) is 6.08 Å². The topological polar surface area (TPSA) is 86.7 Å². The number of ether oxygens (including phenoxy) is 2. The predicted molar refractivity (Wildman–Crippen MR) is 70.2 cm³/mol. The minimum Gasteiger partial charge on any atom is -0.462 e. The molecule has 0 saturated carbocycles. The lowest BCUT2D eigenvalue weighted by Gasteiger charge is -2.08. The molecule has 0 rings (SSSR count). The minimum atomic E-state index is -3.37. The van der Waals surface area contributed by atoms with E-state index in [2.05, 4.69) is 17.9 Å². The number of carbonyl (C=O) groups is 2. The quantitative estimate of drug-likeness (QED) is 0.268. The van der Waals surface area contributed by atoms with Crippen LogP contribution in [0, 0.1) is 0 Å². The molecule has 7 heteroatoms. The fourth-order valence-corrected chi connectivity index (χ4v) is 2.10. The van der Waals surface area contributed by atoms with Crippen molar-refractivity contribution in [3.63, 3.8) is 0 Å². The Hall–Kier alpha value is -1.63. The number of esters is 2. The molecule has 0 fully saturated rings. The van der Waals surface area contributed by atoms with E-state index in [1.165, 1.54) is 13.0 Å². The molecule has 0 heterocycles. The summed E-state index contributed by atoms with van der Waals surface area (Å²) in [6, 6.07) is 0. The van der Waals surface area contributed by atoms with Gasteiger partial charge >= 0.3 is 11.9 Å². The normalized spacial score (nSPS) is 12.3. The maximum Gasteiger partial charge on any atom is 0.330 e. The van der Waals surface area contributed by atoms with Gasteiger partial charge in [0.05, 0.1) is 17.4 Å². The van der Waals surface area contributed by atoms with Gasteiger partial charge in [-0.2, -0.15) is 0 Å². The Morgan fingerprint density at radius 2 is 1.79 bits per heavy atom. The summed E-state index contributed by atoms with van der Waals surface area (Å²) in [4.78, 5) is 21.9. The average Bonchev–Trinajstić information content (AvgIpc) is 2.39. The molecule has 0 aliphatic heterocycles. The number of rotatable bonds is 9. The van der Waals surface area contributed by atoms with E-state index in [0.717, 1.165) is 6.08 Å². The van der Waals surface area contributed by atoms with Crippen LogP contribution in [-0.4, -0.2) is 44.6 Å². The van der Waals surface area contributed by atoms with Crippen LogP contribution in [-0.2, 0) is 28.9 Å². The van der Waals surface area contributed by atoms with Crippen molar-refractivity contribution in [3.05, 3.63) is 25.3 Å². The van der Waals surface area contributed by atoms with E-state index >= 15 is 0 Å². The third-order valence-corrected chi connectivity index (χ3v) is 4.34. The fourth-order valence-electron chi connectivity index (χ4n) is 0.987. The first kappa shape index (κ1) is 17.4. The standard InChI is InChI=1S/C12H18O6S/c1-4-10(3)19(15,16)9-6-12(14)18-8-7-17-11(13)5-2/h4-5,10H,1-2,6-9H2,3H3. The summed E-state index contributed by atoms with van der Waals surface area (Å²) in [6.45, 7) is 7.87. The van der Waals surface area contributed by atoms with Crippen LogP contribution in [0.4, 0.5) is 0 Å². The maximum atomic E-state index is 11.6. The Morgan fingerprint density at radius 1 is 1.21 bits per heavy atom. The van der Waals surface area contributed by atoms with Crippen molar-refractivity contribution in [1.82, 2.24) is 0 Å². The van der Waals surface area contributed by atoms with E-state index in [4.69, 9.17) is 4.74 Å². The number of carbonyl (C=O) groups excluding carboxylic acids is 2. The van der Waals surface area contributed by atoms with Crippen LogP contribution in [0.3, 0.4) is 0 Å². The SMILES string of the molecule is C=CC(=O)OCCOC(=O)CCS(=O)(=O)C(C)C=C. The van der Waals surface area contributed by atoms with Crippen LogP contribution in [0.15, 0.2) is 25.3 Å². The molecule has 0 aromatic heterocycles. The van der Waals surface area contributed by atoms with Crippen molar-refractivity contribution >= 4 is 21.8 Å². The van der Waals surface area contributed by atoms with Crippen molar-refractivity contribution in [2.45, 2.75) is 18.6 Å². The monoisotopic (exact) mass is 290 g/mol. The van der Waals surface area contributed by atoms with E-state index in [9.17, 15) is 18.0 Å². The lowest BCUT2D eigenvalue weighted by Crippen LogP contribution is -2.22. The zero-order chi connectivity index (χ0) is 14.9. The summed E-state index contributed by atoms with van der Waals surface area (Å²) >= 11 is 0. The lowest BCUT2D eigenvalue weighted by molar-refractivity contribution is -0.149. The van der Waals surface area contributed by atoms with Crippen molar-refractivity contribution in [2.24, 2.45) is 0 Å². The van der Waals surface area contributed by atoms with Gasteiger partial charge in [0.2, 0.25) is 0 Å². The molecule has 0 N–H and O–H groups in total. The molecule has 108 valence electrons. The van der Waals surface area contributed by atoms with Crippen LogP contribution in [0.25, 0.3) is 0 Å². The summed E-state index contributed by atoms with van der Waals surface area (Å²) in [5.41, 5.74) is 0. The van der Waals surface area contributed by atoms with Crippen LogP contribution in [0.1, 0.15) is 13.3 Å². The molecule has 0 saturated heterocycles. The number of hydrogen-bond acceptors (Lipinski definition) is 6. The minimum absolute atomic E-state index is 0.0909. The van der Waals surface area contributed by atoms with E-state index in [-0.39, 0.29) is 25.4 Å². The highest BCUT2D eigenvalue weighted by atomic mass is 32.2. The molecular formula is C12H18O6S. The summed E-state index contributed by atoms with van der Waals surface area (Å²) in [6.07, 6.45) is 2.05. The van der Waals surface area contributed by atoms with Gasteiger partial charge in [-0.25, -0.2) is 13.2 Å². The first-order valence-corrected chi connectivity index (χ1v) is 7.34. The predicted octanol–water partition coefficient (Wildman–Crippen LogP) is 0.638. The summed E-state index contributed by atoms with van der Waals surface area (Å²) < 4.78 is 32.4. The van der Waals surface area contributed by atoms with Crippen LogP contribution < -0.4 is 0 Å². The third kappa shape index (κ3) is 7.40. The molecule has 0 aliphatic carbocycles. The Bertz CT molecular complexity index is 437. The van der Waals surface area contributed by atoms with E-state index < -0.39 is 27.0 Å². The molecule has 19 heavy (non-hydrogen) atoms. The molecule has 0 aromatic rings. The molecule has 0 spiro atoms. The Kier molecular flexibility index (Phi) is 7.74. The van der Waals surface area contributed by atoms with E-state index in [1.54, 1.807) is 0 Å². The van der Waals surface area contributed by atoms with Crippen molar-refractivity contribution in [1.29, 1.82) is 0 Å². The smallest absolute Gasteiger partial charge is 0.330 e. The highest BCUT2D eigenvalue weighted by Crippen LogP contribution is 2.05. The average molecular weight is 290 g/mol. The van der Waals surface area contributed by atoms with Crippen LogP contribution in [0.2, 0.25) is 0 Å². The number of hydrogen-bond donors (Lipinski definition) is 0. The number of sulfone groups is 1. The molecule has 1 atom stereocenters. The van der Waals surface area contributed by atoms with Gasteiger partial charge < -0.3 is 9.47 Å². The summed E-state index contributed by atoms with van der Waals surface area (Å²) in [7, 11) is -3.37. The molecule has 0 aliphatic rings. The molecular weight excluding hydrogens is 272 g/mol. The Labute approximate surface area is 113 Å². The van der Waals surface area contributed by atoms with Gasteiger partial charge in [-0.15, -0.1) is 6.58 Å². The molecule has 6 nitrogen and oxygen atoms in total. The Morgan fingerprint density at radius 3 is 2.32 bits per heavy atom. The molecule has 1 unspecified atom stereocenters. The fraction of sp³-hybridized carbons (Fsp3) is 0.500. The van der Waals surface area contributed by atoms with Gasteiger partial charge in [-0.1, -0.05) is 12.7 Å². The van der Waals surface area contributed by atoms with E-state index in [0.29, 0.717) is 0 Å². The van der Waals surface area contributed by atoms with Crippen LogP contribution >= 0.6 is 0 Å². The Balaban J connectivity index is 3.91. The van der Waals surface area contributed by atoms with Crippen molar-refractivity contribution in [2.75, 3.05) is 19.0 Å². The highest BCUT2D eigenvalue weighted by Gasteiger charge is 2.19. The largest absolute Gasteiger partial charge is 0.462 e. The van der Waals surface area contributed by atoms with Crippen LogP contribution in [0.5, 0.6) is 0 Å². The molecule has 0 aromatic carbocycles. The second-order valence-electron chi connectivity index (χ2n) is 3.65. The molecule has 0 bridgehead atoms. The summed E-state index contributed by atoms with van der Waals surface area (Å²) in [5.74, 6) is -1.57. The lowest BCUT2D eigenvalue weighted by atomic mass is 10.5. The van der Waals surface area contributed by atoms with Gasteiger partial charge in [0.25, 0.3) is 0 Å². The second kappa shape index (κ2) is 8.47. The van der Waals surface area contributed by atoms with Crippen molar-refractivity contribution in [3.8, 4) is 0 Å². The third-order valence-electron chi connectivity index (χ3n) is 2.25. The zero-order valence-electron chi connectivity index (χ0n) is 10.8. The second-order valence-corrected chi connectivity index (χ2v) is 6.13. The maximum absolute atomic E-state index is 11.6. The summed E-state index contributed by atoms with van der Waals surface area (Å²) in [5, 5.41) is -0.700. The zero-order valence-corrected chi connectivity index (χ0v) is 11.6. The van der Waals surface area contributed by atoms with Gasteiger partial charge in [0.15, 0.2) is 9.84 Å².